The molecule has 106 valence electrons. The van der Waals surface area contributed by atoms with E-state index in [0.717, 1.165) is 0 Å². The number of carbonyl (C=O) groups is 1. The maximum absolute atomic E-state index is 12.6. The fourth-order valence-electron chi connectivity index (χ4n) is 1.25. The summed E-state index contributed by atoms with van der Waals surface area (Å²) in [6.45, 7) is -0.617. The van der Waals surface area contributed by atoms with E-state index in [9.17, 15) is 26.7 Å². The highest BCUT2D eigenvalue weighted by molar-refractivity contribution is 5.85. The van der Waals surface area contributed by atoms with E-state index in [1.807, 2.05) is 0 Å². The van der Waals surface area contributed by atoms with Crippen LogP contribution < -0.4 is 10.5 Å². The van der Waals surface area contributed by atoms with Crippen molar-refractivity contribution in [2.75, 3.05) is 0 Å². The second kappa shape index (κ2) is 5.34. The number of aromatic carboxylic acids is 1. The Hall–Kier alpha value is -1.97. The summed E-state index contributed by atoms with van der Waals surface area (Å²) in [4.78, 5) is 13.6. The summed E-state index contributed by atoms with van der Waals surface area (Å²) >= 11 is 0. The maximum atomic E-state index is 12.6. The third-order valence-corrected chi connectivity index (χ3v) is 1.94. The summed E-state index contributed by atoms with van der Waals surface area (Å²) in [7, 11) is 0. The fraction of sp³-hybridized carbons (Fsp3) is 0.333. The van der Waals surface area contributed by atoms with Gasteiger partial charge < -0.3 is 15.6 Å². The van der Waals surface area contributed by atoms with E-state index in [0.29, 0.717) is 6.07 Å². The monoisotopic (exact) mass is 286 g/mol. The predicted molar refractivity (Wildman–Crippen MR) is 50.7 cm³/mol. The number of aromatic nitrogens is 1. The van der Waals surface area contributed by atoms with E-state index in [1.54, 1.807) is 0 Å². The van der Waals surface area contributed by atoms with Gasteiger partial charge in [-0.15, -0.1) is 13.2 Å². The van der Waals surface area contributed by atoms with E-state index in [4.69, 9.17) is 10.8 Å². The molecule has 1 aromatic rings. The van der Waals surface area contributed by atoms with Crippen molar-refractivity contribution < 1.29 is 36.6 Å². The number of carboxylic acids is 1. The Morgan fingerprint density at radius 3 is 2.42 bits per heavy atom. The van der Waals surface area contributed by atoms with Gasteiger partial charge in [0.15, 0.2) is 5.75 Å². The van der Waals surface area contributed by atoms with E-state index in [-0.39, 0.29) is 0 Å². The van der Waals surface area contributed by atoms with Crippen molar-refractivity contribution in [3.8, 4) is 5.75 Å². The molecule has 0 saturated heterocycles. The molecule has 0 atom stereocenters. The van der Waals surface area contributed by atoms with Gasteiger partial charge in [0.2, 0.25) is 0 Å². The van der Waals surface area contributed by atoms with Gasteiger partial charge in [-0.25, -0.2) is 18.6 Å². The standard InChI is InChI=1S/C9H7F5N2O3/c10-7(11)5-6(19-9(12,13)14)3(2-15)1-4(16-5)8(17)18/h1,7H,2,15H2,(H,17,18). The van der Waals surface area contributed by atoms with Crippen molar-refractivity contribution in [3.63, 3.8) is 0 Å². The first-order valence-electron chi connectivity index (χ1n) is 4.66. The molecule has 0 bridgehead atoms. The molecular weight excluding hydrogens is 279 g/mol. The van der Waals surface area contributed by atoms with E-state index < -0.39 is 48.0 Å². The second-order valence-corrected chi connectivity index (χ2v) is 3.24. The third kappa shape index (κ3) is 3.74. The van der Waals surface area contributed by atoms with Gasteiger partial charge >= 0.3 is 12.3 Å². The number of hydrogen-bond acceptors (Lipinski definition) is 4. The Bertz CT molecular complexity index is 489. The summed E-state index contributed by atoms with van der Waals surface area (Å²) in [6, 6.07) is 0.648. The van der Waals surface area contributed by atoms with Crippen LogP contribution in [0.5, 0.6) is 5.75 Å². The van der Waals surface area contributed by atoms with Crippen LogP contribution in [-0.2, 0) is 6.54 Å². The quantitative estimate of drug-likeness (QED) is 0.828. The largest absolute Gasteiger partial charge is 0.573 e. The Labute approximate surface area is 102 Å². The lowest BCUT2D eigenvalue weighted by Crippen LogP contribution is -2.21. The van der Waals surface area contributed by atoms with Crippen LogP contribution in [0.3, 0.4) is 0 Å². The van der Waals surface area contributed by atoms with E-state index in [1.165, 1.54) is 0 Å². The van der Waals surface area contributed by atoms with Gasteiger partial charge in [-0.1, -0.05) is 0 Å². The molecule has 0 amide bonds. The molecule has 0 aliphatic heterocycles. The van der Waals surface area contributed by atoms with Gasteiger partial charge in [0, 0.05) is 12.1 Å². The molecule has 1 aromatic heterocycles. The van der Waals surface area contributed by atoms with E-state index >= 15 is 0 Å². The molecule has 1 heterocycles. The molecule has 5 nitrogen and oxygen atoms in total. The molecule has 0 saturated carbocycles. The lowest BCUT2D eigenvalue weighted by atomic mass is 10.1. The number of nitrogens with two attached hydrogens (primary N) is 1. The maximum Gasteiger partial charge on any atom is 0.573 e. The SMILES string of the molecule is NCc1cc(C(=O)O)nc(C(F)F)c1OC(F)(F)F. The zero-order valence-electron chi connectivity index (χ0n) is 9.04. The van der Waals surface area contributed by atoms with Gasteiger partial charge in [-0.3, -0.25) is 0 Å². The Morgan fingerprint density at radius 2 is 2.05 bits per heavy atom. The Kier molecular flexibility index (Phi) is 4.24. The molecular formula is C9H7F5N2O3. The molecule has 0 aliphatic rings. The van der Waals surface area contributed by atoms with Crippen LogP contribution in [0.2, 0.25) is 0 Å². The zero-order valence-corrected chi connectivity index (χ0v) is 9.04. The van der Waals surface area contributed by atoms with Crippen LogP contribution in [0.4, 0.5) is 22.0 Å². The summed E-state index contributed by atoms with van der Waals surface area (Å²) in [5, 5.41) is 8.62. The summed E-state index contributed by atoms with van der Waals surface area (Å²) < 4.78 is 65.0. The topological polar surface area (TPSA) is 85.4 Å². The molecule has 0 fully saturated rings. The van der Waals surface area contributed by atoms with Crippen LogP contribution in [0.1, 0.15) is 28.2 Å². The molecule has 19 heavy (non-hydrogen) atoms. The van der Waals surface area contributed by atoms with Crippen molar-refractivity contribution in [1.82, 2.24) is 4.98 Å². The lowest BCUT2D eigenvalue weighted by molar-refractivity contribution is -0.275. The van der Waals surface area contributed by atoms with Gasteiger partial charge in [0.25, 0.3) is 6.43 Å². The zero-order chi connectivity index (χ0) is 14.8. The first kappa shape index (κ1) is 15.1. The minimum Gasteiger partial charge on any atom is -0.477 e. The van der Waals surface area contributed by atoms with Crippen molar-refractivity contribution in [3.05, 3.63) is 23.0 Å². The number of ether oxygens (including phenoxy) is 1. The van der Waals surface area contributed by atoms with Crippen molar-refractivity contribution in [2.24, 2.45) is 5.73 Å². The van der Waals surface area contributed by atoms with Gasteiger partial charge in [0.1, 0.15) is 11.4 Å². The summed E-state index contributed by atoms with van der Waals surface area (Å²) in [5.41, 5.74) is 2.31. The number of halogens is 5. The van der Waals surface area contributed by atoms with Gasteiger partial charge in [-0.05, 0) is 6.07 Å². The molecule has 0 aromatic carbocycles. The Morgan fingerprint density at radius 1 is 1.47 bits per heavy atom. The number of carboxylic acid groups (broad SMARTS) is 1. The molecule has 0 aliphatic carbocycles. The fourth-order valence-corrected chi connectivity index (χ4v) is 1.25. The average molecular weight is 286 g/mol. The number of nitrogens with zero attached hydrogens (tertiary/aromatic N) is 1. The summed E-state index contributed by atoms with van der Waals surface area (Å²) in [6.07, 6.45) is -8.66. The minimum absolute atomic E-state index is 0.528. The Balaban J connectivity index is 3.45. The van der Waals surface area contributed by atoms with Gasteiger partial charge in [0.05, 0.1) is 0 Å². The number of rotatable bonds is 4. The highest BCUT2D eigenvalue weighted by Gasteiger charge is 2.35. The molecule has 0 radical (unpaired) electrons. The normalized spacial score (nSPS) is 11.7. The van der Waals surface area contributed by atoms with Crippen LogP contribution in [0.15, 0.2) is 6.07 Å². The van der Waals surface area contributed by atoms with Crippen molar-refractivity contribution in [2.45, 2.75) is 19.3 Å². The molecule has 1 rings (SSSR count). The van der Waals surface area contributed by atoms with Crippen LogP contribution in [0, 0.1) is 0 Å². The number of pyridine rings is 1. The predicted octanol–water partition coefficient (Wildman–Crippen LogP) is 2.07. The highest BCUT2D eigenvalue weighted by Crippen LogP contribution is 2.35. The molecule has 0 unspecified atom stereocenters. The first-order valence-corrected chi connectivity index (χ1v) is 4.66. The molecule has 0 spiro atoms. The van der Waals surface area contributed by atoms with Crippen LogP contribution in [0.25, 0.3) is 0 Å². The highest BCUT2D eigenvalue weighted by atomic mass is 19.4. The molecule has 10 heteroatoms. The van der Waals surface area contributed by atoms with Crippen molar-refractivity contribution >= 4 is 5.97 Å². The smallest absolute Gasteiger partial charge is 0.477 e. The summed E-state index contributed by atoms with van der Waals surface area (Å²) in [5.74, 6) is -2.94. The van der Waals surface area contributed by atoms with Crippen molar-refractivity contribution in [1.29, 1.82) is 0 Å². The average Bonchev–Trinajstić information content (AvgIpc) is 2.26. The number of hydrogen-bond donors (Lipinski definition) is 2. The molecule has 3 N–H and O–H groups in total. The first-order chi connectivity index (χ1) is 8.65. The van der Waals surface area contributed by atoms with E-state index in [2.05, 4.69) is 9.72 Å². The second-order valence-electron chi connectivity index (χ2n) is 3.24. The van der Waals surface area contributed by atoms with Crippen LogP contribution >= 0.6 is 0 Å². The number of alkyl halides is 5. The minimum atomic E-state index is -5.22. The van der Waals surface area contributed by atoms with Gasteiger partial charge in [-0.2, -0.15) is 0 Å². The third-order valence-electron chi connectivity index (χ3n) is 1.94. The van der Waals surface area contributed by atoms with Crippen LogP contribution in [-0.4, -0.2) is 22.4 Å². The lowest BCUT2D eigenvalue weighted by Gasteiger charge is -2.16.